The number of thiocarbonyl (C=S) groups is 1. The highest BCUT2D eigenvalue weighted by Gasteiger charge is 2.29. The van der Waals surface area contributed by atoms with Crippen LogP contribution in [0.4, 0.5) is 0 Å². The summed E-state index contributed by atoms with van der Waals surface area (Å²) < 4.78 is 0. The molecule has 4 heteroatoms. The van der Waals surface area contributed by atoms with Gasteiger partial charge in [0.25, 0.3) is 0 Å². The van der Waals surface area contributed by atoms with E-state index in [4.69, 9.17) is 18.0 Å². The third-order valence-corrected chi connectivity index (χ3v) is 5.00. The zero-order valence-electron chi connectivity index (χ0n) is 12.2. The summed E-state index contributed by atoms with van der Waals surface area (Å²) in [5.41, 5.74) is 10.7. The van der Waals surface area contributed by atoms with Gasteiger partial charge in [0.2, 0.25) is 0 Å². The maximum Gasteiger partial charge on any atom is 0.103 e. The maximum atomic E-state index is 5.70. The van der Waals surface area contributed by atoms with Crippen molar-refractivity contribution in [1.29, 1.82) is 0 Å². The first kappa shape index (κ1) is 14.7. The van der Waals surface area contributed by atoms with Gasteiger partial charge in [0.15, 0.2) is 0 Å². The lowest BCUT2D eigenvalue weighted by Gasteiger charge is -2.23. The van der Waals surface area contributed by atoms with E-state index in [1.807, 2.05) is 6.07 Å². The summed E-state index contributed by atoms with van der Waals surface area (Å²) >= 11 is 6.82. The smallest absolute Gasteiger partial charge is 0.103 e. The Morgan fingerprint density at radius 3 is 2.71 bits per heavy atom. The molecule has 0 radical (unpaired) electrons. The second-order valence-electron chi connectivity index (χ2n) is 5.77. The molecule has 2 aromatic rings. The van der Waals surface area contributed by atoms with Crippen molar-refractivity contribution in [3.8, 4) is 0 Å². The van der Waals surface area contributed by atoms with E-state index in [0.717, 1.165) is 24.7 Å². The molecular formula is C17H20N2S2. The predicted octanol–water partition coefficient (Wildman–Crippen LogP) is 3.86. The molecule has 1 fully saturated rings. The third-order valence-electron chi connectivity index (χ3n) is 4.03. The Labute approximate surface area is 135 Å². The molecule has 1 saturated carbocycles. The first-order chi connectivity index (χ1) is 10.1. The molecule has 2 N–H and O–H groups in total. The second-order valence-corrected chi connectivity index (χ2v) is 6.99. The molecule has 0 bridgehead atoms. The summed E-state index contributed by atoms with van der Waals surface area (Å²) in [6.45, 7) is 4.20. The van der Waals surface area contributed by atoms with Gasteiger partial charge < -0.3 is 5.73 Å². The Balaban J connectivity index is 1.75. The van der Waals surface area contributed by atoms with Gasteiger partial charge in [-0.05, 0) is 59.3 Å². The number of hydrogen-bond donors (Lipinski definition) is 1. The molecule has 0 unspecified atom stereocenters. The highest BCUT2D eigenvalue weighted by atomic mass is 32.1. The molecule has 2 nitrogen and oxygen atoms in total. The monoisotopic (exact) mass is 316 g/mol. The number of hydrogen-bond acceptors (Lipinski definition) is 3. The van der Waals surface area contributed by atoms with Gasteiger partial charge in [0.05, 0.1) is 0 Å². The van der Waals surface area contributed by atoms with E-state index >= 15 is 0 Å². The van der Waals surface area contributed by atoms with Crippen LogP contribution in [0.1, 0.15) is 35.1 Å². The third kappa shape index (κ3) is 3.70. The van der Waals surface area contributed by atoms with Crippen LogP contribution < -0.4 is 5.73 Å². The van der Waals surface area contributed by atoms with Crippen LogP contribution in [0.15, 0.2) is 35.0 Å². The molecule has 0 spiro atoms. The molecule has 0 atom stereocenters. The molecule has 1 aliphatic carbocycles. The molecule has 1 heterocycles. The van der Waals surface area contributed by atoms with E-state index in [2.05, 4.69) is 40.8 Å². The minimum Gasteiger partial charge on any atom is -0.389 e. The molecule has 0 aliphatic heterocycles. The van der Waals surface area contributed by atoms with Crippen LogP contribution >= 0.6 is 23.6 Å². The lowest BCUT2D eigenvalue weighted by Crippen LogP contribution is -2.25. The van der Waals surface area contributed by atoms with Gasteiger partial charge in [-0.1, -0.05) is 24.4 Å². The van der Waals surface area contributed by atoms with E-state index < -0.39 is 0 Å². The maximum absolute atomic E-state index is 5.70. The highest BCUT2D eigenvalue weighted by molar-refractivity contribution is 7.80. The molecule has 3 rings (SSSR count). The minimum absolute atomic E-state index is 0.474. The number of thiophene rings is 1. The summed E-state index contributed by atoms with van der Waals surface area (Å²) in [6, 6.07) is 9.29. The topological polar surface area (TPSA) is 29.3 Å². The standard InChI is InChI=1S/C17H20N2S2/c1-12-8-14(17(18)20)2-3-15(12)10-19(16-4-5-16)9-13-6-7-21-11-13/h2-3,6-8,11,16H,4-5,9-10H2,1H3,(H2,18,20). The summed E-state index contributed by atoms with van der Waals surface area (Å²) in [7, 11) is 0. The van der Waals surface area contributed by atoms with Crippen molar-refractivity contribution < 1.29 is 0 Å². The van der Waals surface area contributed by atoms with Crippen LogP contribution in [0, 0.1) is 6.92 Å². The van der Waals surface area contributed by atoms with Crippen LogP contribution in [0.25, 0.3) is 0 Å². The highest BCUT2D eigenvalue weighted by Crippen LogP contribution is 2.30. The molecule has 1 aromatic carbocycles. The SMILES string of the molecule is Cc1cc(C(N)=S)ccc1CN(Cc1ccsc1)C1CC1. The largest absolute Gasteiger partial charge is 0.389 e. The Kier molecular flexibility index (Phi) is 4.38. The zero-order chi connectivity index (χ0) is 14.8. The number of nitrogens with zero attached hydrogens (tertiary/aromatic N) is 1. The molecule has 110 valence electrons. The normalized spacial score (nSPS) is 14.6. The Hall–Kier alpha value is -1.23. The molecular weight excluding hydrogens is 296 g/mol. The van der Waals surface area contributed by atoms with Crippen LogP contribution in [-0.4, -0.2) is 15.9 Å². The van der Waals surface area contributed by atoms with E-state index in [9.17, 15) is 0 Å². The fraction of sp³-hybridized carbons (Fsp3) is 0.353. The summed E-state index contributed by atoms with van der Waals surface area (Å²) in [5.74, 6) is 0. The van der Waals surface area contributed by atoms with Crippen LogP contribution in [0.5, 0.6) is 0 Å². The van der Waals surface area contributed by atoms with Crippen molar-refractivity contribution in [2.24, 2.45) is 5.73 Å². The Morgan fingerprint density at radius 2 is 2.14 bits per heavy atom. The fourth-order valence-corrected chi connectivity index (χ4v) is 3.40. The van der Waals surface area contributed by atoms with Gasteiger partial charge in [0, 0.05) is 24.7 Å². The lowest BCUT2D eigenvalue weighted by atomic mass is 10.0. The van der Waals surface area contributed by atoms with Gasteiger partial charge in [-0.2, -0.15) is 11.3 Å². The van der Waals surface area contributed by atoms with Gasteiger partial charge in [0.1, 0.15) is 4.99 Å². The van der Waals surface area contributed by atoms with E-state index in [-0.39, 0.29) is 0 Å². The van der Waals surface area contributed by atoms with Gasteiger partial charge in [-0.3, -0.25) is 4.90 Å². The molecule has 21 heavy (non-hydrogen) atoms. The zero-order valence-corrected chi connectivity index (χ0v) is 13.8. The summed E-state index contributed by atoms with van der Waals surface area (Å²) in [6.07, 6.45) is 2.66. The minimum atomic E-state index is 0.474. The first-order valence-corrected chi connectivity index (χ1v) is 8.63. The molecule has 1 aromatic heterocycles. The number of nitrogens with two attached hydrogens (primary N) is 1. The van der Waals surface area contributed by atoms with Crippen LogP contribution in [0.2, 0.25) is 0 Å². The quantitative estimate of drug-likeness (QED) is 0.821. The van der Waals surface area contributed by atoms with Gasteiger partial charge in [-0.25, -0.2) is 0 Å². The van der Waals surface area contributed by atoms with Crippen molar-refractivity contribution in [2.75, 3.05) is 0 Å². The van der Waals surface area contributed by atoms with Gasteiger partial charge >= 0.3 is 0 Å². The lowest BCUT2D eigenvalue weighted by molar-refractivity contribution is 0.245. The van der Waals surface area contributed by atoms with Crippen molar-refractivity contribution in [1.82, 2.24) is 4.90 Å². The Morgan fingerprint density at radius 1 is 1.33 bits per heavy atom. The van der Waals surface area contributed by atoms with Crippen LogP contribution in [0.3, 0.4) is 0 Å². The Bertz CT molecular complexity index is 630. The van der Waals surface area contributed by atoms with E-state index in [1.165, 1.54) is 29.5 Å². The number of rotatable bonds is 6. The summed E-state index contributed by atoms with van der Waals surface area (Å²) in [4.78, 5) is 3.06. The van der Waals surface area contributed by atoms with Crippen molar-refractivity contribution in [3.63, 3.8) is 0 Å². The van der Waals surface area contributed by atoms with Crippen molar-refractivity contribution in [3.05, 3.63) is 57.3 Å². The average molecular weight is 316 g/mol. The number of aryl methyl sites for hydroxylation is 1. The molecule has 0 saturated heterocycles. The predicted molar refractivity (Wildman–Crippen MR) is 93.7 cm³/mol. The number of benzene rings is 1. The second kappa shape index (κ2) is 6.26. The van der Waals surface area contributed by atoms with Crippen molar-refractivity contribution in [2.45, 2.75) is 38.9 Å². The van der Waals surface area contributed by atoms with Crippen LogP contribution in [-0.2, 0) is 13.1 Å². The average Bonchev–Trinajstić information content (AvgIpc) is 3.18. The van der Waals surface area contributed by atoms with Gasteiger partial charge in [-0.15, -0.1) is 0 Å². The molecule has 0 amide bonds. The first-order valence-electron chi connectivity index (χ1n) is 7.28. The van der Waals surface area contributed by atoms with Crippen molar-refractivity contribution >= 4 is 28.5 Å². The fourth-order valence-electron chi connectivity index (χ4n) is 2.62. The molecule has 1 aliphatic rings. The summed E-state index contributed by atoms with van der Waals surface area (Å²) in [5, 5.41) is 4.40. The van der Waals surface area contributed by atoms with E-state index in [1.54, 1.807) is 11.3 Å². The van der Waals surface area contributed by atoms with E-state index in [0.29, 0.717) is 4.99 Å².